The molecule has 0 aliphatic rings. The first-order chi connectivity index (χ1) is 9.77. The van der Waals surface area contributed by atoms with Crippen molar-refractivity contribution in [2.75, 3.05) is 11.1 Å². The number of nitrogen functional groups attached to an aromatic ring is 1. The Morgan fingerprint density at radius 1 is 1.14 bits per heavy atom. The van der Waals surface area contributed by atoms with Crippen molar-refractivity contribution in [2.24, 2.45) is 0 Å². The van der Waals surface area contributed by atoms with Crippen LogP contribution in [0.4, 0.5) is 30.2 Å². The molecule has 4 nitrogen and oxygen atoms in total. The zero-order valence-electron chi connectivity index (χ0n) is 10.6. The predicted octanol–water partition coefficient (Wildman–Crippen LogP) is 3.73. The Kier molecular flexibility index (Phi) is 3.75. The molecular formula is C14H11F3N2O2. The van der Waals surface area contributed by atoms with Gasteiger partial charge in [0.2, 0.25) is 0 Å². The van der Waals surface area contributed by atoms with Gasteiger partial charge in [-0.3, -0.25) is 0 Å². The summed E-state index contributed by atoms with van der Waals surface area (Å²) in [6.07, 6.45) is -4.46. The smallest absolute Gasteiger partial charge is 0.416 e. The van der Waals surface area contributed by atoms with E-state index in [4.69, 9.17) is 10.8 Å². The lowest BCUT2D eigenvalue weighted by Crippen LogP contribution is -2.07. The van der Waals surface area contributed by atoms with Gasteiger partial charge in [-0.1, -0.05) is 6.07 Å². The first kappa shape index (κ1) is 14.7. The number of carboxylic acid groups (broad SMARTS) is 1. The SMILES string of the molecule is Nc1ccc(Nc2cccc(C(F)(F)F)c2)c(C(=O)O)c1. The average Bonchev–Trinajstić information content (AvgIpc) is 2.40. The molecule has 0 saturated carbocycles. The Morgan fingerprint density at radius 3 is 2.48 bits per heavy atom. The number of benzene rings is 2. The second-order valence-corrected chi connectivity index (χ2v) is 4.31. The van der Waals surface area contributed by atoms with Crippen LogP contribution in [0.3, 0.4) is 0 Å². The second-order valence-electron chi connectivity index (χ2n) is 4.31. The van der Waals surface area contributed by atoms with Gasteiger partial charge in [0, 0.05) is 11.4 Å². The maximum Gasteiger partial charge on any atom is 0.416 e. The normalized spacial score (nSPS) is 11.2. The molecule has 110 valence electrons. The minimum atomic E-state index is -4.46. The van der Waals surface area contributed by atoms with Crippen molar-refractivity contribution in [1.29, 1.82) is 0 Å². The molecule has 0 aliphatic carbocycles. The van der Waals surface area contributed by atoms with Gasteiger partial charge in [0.15, 0.2) is 0 Å². The van der Waals surface area contributed by atoms with Crippen molar-refractivity contribution in [2.45, 2.75) is 6.18 Å². The number of nitrogens with one attached hydrogen (secondary N) is 1. The standard InChI is InChI=1S/C14H11F3N2O2/c15-14(16,17)8-2-1-3-10(6-8)19-12-5-4-9(18)7-11(12)13(20)21/h1-7,19H,18H2,(H,20,21). The molecule has 0 unspecified atom stereocenters. The van der Waals surface area contributed by atoms with Crippen LogP contribution in [-0.2, 0) is 6.18 Å². The number of alkyl halides is 3. The molecule has 0 amide bonds. The molecular weight excluding hydrogens is 285 g/mol. The molecule has 0 atom stereocenters. The van der Waals surface area contributed by atoms with E-state index in [0.717, 1.165) is 12.1 Å². The van der Waals surface area contributed by atoms with Crippen LogP contribution in [0, 0.1) is 0 Å². The largest absolute Gasteiger partial charge is 0.478 e. The second kappa shape index (κ2) is 5.35. The van der Waals surface area contributed by atoms with Crippen molar-refractivity contribution in [3.63, 3.8) is 0 Å². The maximum absolute atomic E-state index is 12.6. The number of hydrogen-bond acceptors (Lipinski definition) is 3. The van der Waals surface area contributed by atoms with Crippen LogP contribution in [-0.4, -0.2) is 11.1 Å². The fraction of sp³-hybridized carbons (Fsp3) is 0.0714. The van der Waals surface area contributed by atoms with Crippen molar-refractivity contribution >= 4 is 23.0 Å². The summed E-state index contributed by atoms with van der Waals surface area (Å²) in [5.41, 5.74) is 5.11. The van der Waals surface area contributed by atoms with Crippen molar-refractivity contribution in [1.82, 2.24) is 0 Å². The summed E-state index contributed by atoms with van der Waals surface area (Å²) in [7, 11) is 0. The third-order valence-electron chi connectivity index (χ3n) is 2.74. The van der Waals surface area contributed by atoms with Crippen LogP contribution in [0.1, 0.15) is 15.9 Å². The van der Waals surface area contributed by atoms with E-state index in [1.165, 1.54) is 30.3 Å². The molecule has 2 aromatic rings. The first-order valence-corrected chi connectivity index (χ1v) is 5.84. The highest BCUT2D eigenvalue weighted by atomic mass is 19.4. The lowest BCUT2D eigenvalue weighted by Gasteiger charge is -2.12. The zero-order valence-corrected chi connectivity index (χ0v) is 10.6. The van der Waals surface area contributed by atoms with Crippen molar-refractivity contribution < 1.29 is 23.1 Å². The predicted molar refractivity (Wildman–Crippen MR) is 72.5 cm³/mol. The van der Waals surface area contributed by atoms with Gasteiger partial charge in [-0.2, -0.15) is 13.2 Å². The van der Waals surface area contributed by atoms with E-state index in [0.29, 0.717) is 0 Å². The summed E-state index contributed by atoms with van der Waals surface area (Å²) in [5.74, 6) is -1.23. The Hall–Kier alpha value is -2.70. The van der Waals surface area contributed by atoms with E-state index < -0.39 is 17.7 Å². The summed E-state index contributed by atoms with van der Waals surface area (Å²) in [6.45, 7) is 0. The molecule has 0 radical (unpaired) electrons. The maximum atomic E-state index is 12.6. The molecule has 4 N–H and O–H groups in total. The van der Waals surface area contributed by atoms with Crippen LogP contribution in [0.5, 0.6) is 0 Å². The molecule has 2 rings (SSSR count). The molecule has 0 saturated heterocycles. The third-order valence-corrected chi connectivity index (χ3v) is 2.74. The Morgan fingerprint density at radius 2 is 1.86 bits per heavy atom. The summed E-state index contributed by atoms with van der Waals surface area (Å²) in [6, 6.07) is 8.59. The van der Waals surface area contributed by atoms with E-state index in [-0.39, 0.29) is 22.6 Å². The third kappa shape index (κ3) is 3.44. The summed E-state index contributed by atoms with van der Waals surface area (Å²) < 4.78 is 37.9. The number of aromatic carboxylic acids is 1. The monoisotopic (exact) mass is 296 g/mol. The molecule has 2 aromatic carbocycles. The lowest BCUT2D eigenvalue weighted by atomic mass is 10.1. The van der Waals surface area contributed by atoms with Crippen molar-refractivity contribution in [3.8, 4) is 0 Å². The molecule has 0 heterocycles. The Balaban J connectivity index is 2.37. The number of hydrogen-bond donors (Lipinski definition) is 3. The number of rotatable bonds is 3. The van der Waals surface area contributed by atoms with Gasteiger partial charge in [-0.15, -0.1) is 0 Å². The van der Waals surface area contributed by atoms with Gasteiger partial charge in [-0.05, 0) is 36.4 Å². The number of carboxylic acids is 1. The van der Waals surface area contributed by atoms with Gasteiger partial charge < -0.3 is 16.2 Å². The average molecular weight is 296 g/mol. The van der Waals surface area contributed by atoms with E-state index >= 15 is 0 Å². The van der Waals surface area contributed by atoms with E-state index in [9.17, 15) is 18.0 Å². The van der Waals surface area contributed by atoms with Crippen LogP contribution in [0.25, 0.3) is 0 Å². The summed E-state index contributed by atoms with van der Waals surface area (Å²) in [5, 5.41) is 11.7. The Bertz CT molecular complexity index is 684. The minimum absolute atomic E-state index is 0.118. The fourth-order valence-corrected chi connectivity index (χ4v) is 1.78. The van der Waals surface area contributed by atoms with Gasteiger partial charge >= 0.3 is 12.1 Å². The highest BCUT2D eigenvalue weighted by Crippen LogP contribution is 2.32. The Labute approximate surface area is 118 Å². The number of carbonyl (C=O) groups is 1. The highest BCUT2D eigenvalue weighted by molar-refractivity contribution is 5.96. The van der Waals surface area contributed by atoms with Crippen LogP contribution in [0.15, 0.2) is 42.5 Å². The van der Waals surface area contributed by atoms with E-state index in [2.05, 4.69) is 5.32 Å². The number of nitrogens with two attached hydrogens (primary N) is 1. The lowest BCUT2D eigenvalue weighted by molar-refractivity contribution is -0.137. The van der Waals surface area contributed by atoms with Crippen LogP contribution in [0.2, 0.25) is 0 Å². The van der Waals surface area contributed by atoms with Gasteiger partial charge in [0.05, 0.1) is 16.8 Å². The topological polar surface area (TPSA) is 75.3 Å². The van der Waals surface area contributed by atoms with E-state index in [1.807, 2.05) is 0 Å². The molecule has 0 fully saturated rings. The molecule has 7 heteroatoms. The zero-order chi connectivity index (χ0) is 15.6. The van der Waals surface area contributed by atoms with Crippen LogP contribution >= 0.6 is 0 Å². The van der Waals surface area contributed by atoms with Gasteiger partial charge in [-0.25, -0.2) is 4.79 Å². The summed E-state index contributed by atoms with van der Waals surface area (Å²) in [4.78, 5) is 11.1. The van der Waals surface area contributed by atoms with Gasteiger partial charge in [0.1, 0.15) is 0 Å². The number of halogens is 3. The molecule has 0 bridgehead atoms. The summed E-state index contributed by atoms with van der Waals surface area (Å²) >= 11 is 0. The van der Waals surface area contributed by atoms with E-state index in [1.54, 1.807) is 0 Å². The molecule has 21 heavy (non-hydrogen) atoms. The fourth-order valence-electron chi connectivity index (χ4n) is 1.78. The molecule has 0 aliphatic heterocycles. The van der Waals surface area contributed by atoms with Gasteiger partial charge in [0.25, 0.3) is 0 Å². The quantitative estimate of drug-likeness (QED) is 0.754. The van der Waals surface area contributed by atoms with Crippen molar-refractivity contribution in [3.05, 3.63) is 53.6 Å². The molecule has 0 spiro atoms. The highest BCUT2D eigenvalue weighted by Gasteiger charge is 2.30. The minimum Gasteiger partial charge on any atom is -0.478 e. The van der Waals surface area contributed by atoms with Crippen LogP contribution < -0.4 is 11.1 Å². The number of anilines is 3. The first-order valence-electron chi connectivity index (χ1n) is 5.84. The molecule has 0 aromatic heterocycles.